The van der Waals surface area contributed by atoms with Crippen molar-refractivity contribution in [2.45, 2.75) is 70.1 Å². The maximum atomic E-state index is 15.7. The Labute approximate surface area is 287 Å². The first-order chi connectivity index (χ1) is 23.8. The molecule has 1 aromatic carbocycles. The van der Waals surface area contributed by atoms with Gasteiger partial charge in [-0.25, -0.2) is 4.39 Å². The number of ether oxygens (including phenoxy) is 2. The van der Waals surface area contributed by atoms with Crippen molar-refractivity contribution >= 4 is 17.4 Å². The van der Waals surface area contributed by atoms with E-state index in [0.29, 0.717) is 49.0 Å². The van der Waals surface area contributed by atoms with Crippen molar-refractivity contribution < 1.29 is 31.8 Å². The molecule has 1 amide bonds. The number of nitrogens with two attached hydrogens (primary N) is 1. The van der Waals surface area contributed by atoms with Gasteiger partial charge in [-0.2, -0.15) is 28.2 Å². The quantitative estimate of drug-likeness (QED) is 0.173. The van der Waals surface area contributed by atoms with Gasteiger partial charge in [0.05, 0.1) is 54.0 Å². The molecule has 4 aliphatic rings. The summed E-state index contributed by atoms with van der Waals surface area (Å²) in [5, 5.41) is 4.48. The standard InChI is InChI=1S/C35H38F4N8O3/c1-5-7-21-12-24(40)30(36)28(29(21)35(37,38)39)27-14-25-23(18-49-27)31(45-10-11-47-22(17-45)13-26(43-47)32(48)44(3)4)42-33(41-25)50-19-34-8-6-9-46(34)16-20(2)15-34/h12-13,27H,2,6,8-11,14-19,40H2,1,3-4H3/t27-,34+/m0/s1. The zero-order valence-corrected chi connectivity index (χ0v) is 28.2. The highest BCUT2D eigenvalue weighted by Gasteiger charge is 2.47. The van der Waals surface area contributed by atoms with E-state index in [-0.39, 0.29) is 30.5 Å². The first kappa shape index (κ1) is 33.8. The molecule has 0 spiro atoms. The lowest BCUT2D eigenvalue weighted by atomic mass is 9.90. The maximum absolute atomic E-state index is 15.7. The fourth-order valence-electron chi connectivity index (χ4n) is 7.71. The summed E-state index contributed by atoms with van der Waals surface area (Å²) in [7, 11) is 3.32. The number of hydrogen-bond acceptors (Lipinski definition) is 9. The number of alkyl halides is 3. The summed E-state index contributed by atoms with van der Waals surface area (Å²) in [5.41, 5.74) is 6.05. The molecule has 0 aliphatic carbocycles. The van der Waals surface area contributed by atoms with Crippen LogP contribution < -0.4 is 15.4 Å². The molecule has 2 atom stereocenters. The Bertz CT molecular complexity index is 1950. The molecular formula is C35H38F4N8O3. The predicted octanol–water partition coefficient (Wildman–Crippen LogP) is 4.49. The third kappa shape index (κ3) is 5.94. The summed E-state index contributed by atoms with van der Waals surface area (Å²) in [6.07, 6.45) is -3.72. The monoisotopic (exact) mass is 694 g/mol. The number of aromatic nitrogens is 4. The molecule has 2 fully saturated rings. The van der Waals surface area contributed by atoms with Gasteiger partial charge in [0.15, 0.2) is 11.5 Å². The zero-order chi connectivity index (χ0) is 35.5. The number of anilines is 2. The lowest BCUT2D eigenvalue weighted by Crippen LogP contribution is -2.43. The molecule has 2 N–H and O–H groups in total. The van der Waals surface area contributed by atoms with Gasteiger partial charge in [-0.05, 0) is 44.9 Å². The Morgan fingerprint density at radius 1 is 1.22 bits per heavy atom. The van der Waals surface area contributed by atoms with Crippen LogP contribution in [0, 0.1) is 17.7 Å². The summed E-state index contributed by atoms with van der Waals surface area (Å²) in [6, 6.07) is 2.72. The lowest BCUT2D eigenvalue weighted by molar-refractivity contribution is -0.140. The minimum absolute atomic E-state index is 0.0716. The average molecular weight is 695 g/mol. The number of benzene rings is 1. The second-order valence-corrected chi connectivity index (χ2v) is 13.6. The summed E-state index contributed by atoms with van der Waals surface area (Å²) < 4.78 is 73.4. The van der Waals surface area contributed by atoms with E-state index < -0.39 is 40.5 Å². The second-order valence-electron chi connectivity index (χ2n) is 13.6. The van der Waals surface area contributed by atoms with Gasteiger partial charge in [0.25, 0.3) is 5.91 Å². The minimum Gasteiger partial charge on any atom is -0.461 e. The molecule has 2 aromatic heterocycles. The molecule has 4 aliphatic heterocycles. The van der Waals surface area contributed by atoms with Crippen LogP contribution in [0.15, 0.2) is 24.3 Å². The van der Waals surface area contributed by atoms with Crippen molar-refractivity contribution in [2.75, 3.05) is 51.0 Å². The molecule has 2 saturated heterocycles. The van der Waals surface area contributed by atoms with Crippen molar-refractivity contribution in [3.8, 4) is 17.9 Å². The lowest BCUT2D eigenvalue weighted by Gasteiger charge is -2.34. The van der Waals surface area contributed by atoms with Crippen molar-refractivity contribution in [3.05, 3.63) is 69.4 Å². The largest absolute Gasteiger partial charge is 0.461 e. The number of rotatable bonds is 6. The second kappa shape index (κ2) is 12.6. The molecule has 7 rings (SSSR count). The molecule has 264 valence electrons. The number of fused-ring (bicyclic) bond motifs is 3. The van der Waals surface area contributed by atoms with Crippen molar-refractivity contribution in [1.29, 1.82) is 0 Å². The van der Waals surface area contributed by atoms with E-state index in [1.54, 1.807) is 24.8 Å². The smallest absolute Gasteiger partial charge is 0.418 e. The Kier molecular flexibility index (Phi) is 8.50. The normalized spacial score (nSPS) is 21.7. The van der Waals surface area contributed by atoms with E-state index in [1.807, 2.05) is 4.90 Å². The fourth-order valence-corrected chi connectivity index (χ4v) is 7.71. The van der Waals surface area contributed by atoms with Crippen molar-refractivity contribution in [1.82, 2.24) is 29.5 Å². The highest BCUT2D eigenvalue weighted by atomic mass is 19.4. The molecule has 50 heavy (non-hydrogen) atoms. The minimum atomic E-state index is -4.93. The van der Waals surface area contributed by atoms with Crippen molar-refractivity contribution in [3.63, 3.8) is 0 Å². The van der Waals surface area contributed by atoms with Gasteiger partial charge in [0.2, 0.25) is 0 Å². The van der Waals surface area contributed by atoms with Gasteiger partial charge in [0, 0.05) is 50.3 Å². The molecule has 11 nitrogen and oxygen atoms in total. The van der Waals surface area contributed by atoms with Crippen LogP contribution in [0.1, 0.15) is 76.4 Å². The van der Waals surface area contributed by atoms with Crippen LogP contribution in [-0.4, -0.2) is 81.3 Å². The number of amides is 1. The van der Waals surface area contributed by atoms with Crippen LogP contribution in [0.4, 0.5) is 29.1 Å². The van der Waals surface area contributed by atoms with Gasteiger partial charge >= 0.3 is 12.2 Å². The molecule has 3 aromatic rings. The fraction of sp³-hybridized carbons (Fsp3) is 0.486. The van der Waals surface area contributed by atoms with E-state index in [1.165, 1.54) is 11.8 Å². The first-order valence-corrected chi connectivity index (χ1v) is 16.5. The molecule has 6 heterocycles. The van der Waals surface area contributed by atoms with E-state index in [2.05, 4.69) is 28.4 Å². The molecular weight excluding hydrogens is 656 g/mol. The van der Waals surface area contributed by atoms with Gasteiger partial charge in [0.1, 0.15) is 12.4 Å². The van der Waals surface area contributed by atoms with E-state index in [9.17, 15) is 18.0 Å². The average Bonchev–Trinajstić information content (AvgIpc) is 3.75. The van der Waals surface area contributed by atoms with E-state index >= 15 is 4.39 Å². The van der Waals surface area contributed by atoms with Crippen molar-refractivity contribution in [2.24, 2.45) is 0 Å². The summed E-state index contributed by atoms with van der Waals surface area (Å²) in [5.74, 6) is 3.97. The highest BCUT2D eigenvalue weighted by Crippen LogP contribution is 2.45. The van der Waals surface area contributed by atoms with Gasteiger partial charge in [-0.1, -0.05) is 18.1 Å². The Morgan fingerprint density at radius 2 is 2.02 bits per heavy atom. The van der Waals surface area contributed by atoms with Crippen LogP contribution in [0.25, 0.3) is 0 Å². The molecule has 0 saturated carbocycles. The Morgan fingerprint density at radius 3 is 2.76 bits per heavy atom. The van der Waals surface area contributed by atoms with Gasteiger partial charge in [-0.3, -0.25) is 14.4 Å². The molecule has 0 bridgehead atoms. The van der Waals surface area contributed by atoms with Crippen LogP contribution in [0.3, 0.4) is 0 Å². The molecule has 15 heteroatoms. The highest BCUT2D eigenvalue weighted by molar-refractivity contribution is 5.92. The SMILES string of the molecule is C=C1CN2CCC[C@]2(COc2nc3c(c(N4CCn5nc(C(=O)N(C)C)cc5C4)n2)CO[C@H](c2c(F)c(N)cc(C#CC)c2C(F)(F)F)C3)C1. The third-order valence-electron chi connectivity index (χ3n) is 9.98. The third-order valence-corrected chi connectivity index (χ3v) is 9.98. The maximum Gasteiger partial charge on any atom is 0.418 e. The van der Waals surface area contributed by atoms with Crippen LogP contribution in [0.2, 0.25) is 0 Å². The number of nitrogen functional groups attached to an aromatic ring is 1. The zero-order valence-electron chi connectivity index (χ0n) is 28.2. The number of carbonyl (C=O) groups excluding carboxylic acids is 1. The topological polar surface area (TPSA) is 115 Å². The van der Waals surface area contributed by atoms with Gasteiger partial charge in [-0.15, -0.1) is 5.92 Å². The Hall–Kier alpha value is -4.68. The molecule has 0 radical (unpaired) electrons. The summed E-state index contributed by atoms with van der Waals surface area (Å²) in [4.78, 5) is 28.0. The number of carbonyl (C=O) groups is 1. The van der Waals surface area contributed by atoms with E-state index in [0.717, 1.165) is 49.7 Å². The Balaban J connectivity index is 1.27. The summed E-state index contributed by atoms with van der Waals surface area (Å²) >= 11 is 0. The number of halogens is 4. The van der Waals surface area contributed by atoms with Crippen LogP contribution in [0.5, 0.6) is 6.01 Å². The van der Waals surface area contributed by atoms with Gasteiger partial charge < -0.3 is 25.0 Å². The number of nitrogens with zero attached hydrogens (tertiary/aromatic N) is 7. The first-order valence-electron chi connectivity index (χ1n) is 16.5. The van der Waals surface area contributed by atoms with E-state index in [4.69, 9.17) is 25.2 Å². The molecule has 0 unspecified atom stereocenters. The van der Waals surface area contributed by atoms with Crippen LogP contribution >= 0.6 is 0 Å². The van der Waals surface area contributed by atoms with Crippen LogP contribution in [-0.2, 0) is 37.0 Å². The summed E-state index contributed by atoms with van der Waals surface area (Å²) in [6.45, 7) is 8.73. The predicted molar refractivity (Wildman–Crippen MR) is 176 cm³/mol. The number of hydrogen-bond donors (Lipinski definition) is 1.